The molecule has 0 amide bonds. The van der Waals surface area contributed by atoms with Crippen LogP contribution in [0.3, 0.4) is 0 Å². The van der Waals surface area contributed by atoms with Crippen LogP contribution in [0.1, 0.15) is 0 Å². The van der Waals surface area contributed by atoms with E-state index in [1.807, 2.05) is 30.3 Å². The standard InChI is InChI=1S/C29H21O/c1-5-13-22(14-6-1)26-21-27(23-15-7-2-8-16-23)30-29(25-19-11-4-12-20-25)28(26)24-17-9-3-10-18-24/h1-21H/q+1. The van der Waals surface area contributed by atoms with Gasteiger partial charge in [-0.1, -0.05) is 97.1 Å². The van der Waals surface area contributed by atoms with Gasteiger partial charge in [0.1, 0.15) is 0 Å². The average molecular weight is 385 g/mol. The maximum atomic E-state index is 6.60. The number of rotatable bonds is 4. The maximum Gasteiger partial charge on any atom is 0.369 e. The molecule has 0 fully saturated rings. The van der Waals surface area contributed by atoms with Gasteiger partial charge in [0.2, 0.25) is 0 Å². The molecule has 0 unspecified atom stereocenters. The van der Waals surface area contributed by atoms with Crippen LogP contribution >= 0.6 is 0 Å². The molecule has 0 aliphatic rings. The largest absolute Gasteiger partial charge is 0.369 e. The molecule has 142 valence electrons. The Morgan fingerprint density at radius 3 is 1.37 bits per heavy atom. The van der Waals surface area contributed by atoms with Crippen molar-refractivity contribution in [3.05, 3.63) is 127 Å². The third-order valence-electron chi connectivity index (χ3n) is 5.23. The van der Waals surface area contributed by atoms with E-state index >= 15 is 0 Å². The highest BCUT2D eigenvalue weighted by atomic mass is 16.3. The van der Waals surface area contributed by atoms with Gasteiger partial charge in [-0.05, 0) is 35.4 Å². The summed E-state index contributed by atoms with van der Waals surface area (Å²) in [6.45, 7) is 0. The van der Waals surface area contributed by atoms with Crippen LogP contribution in [0.25, 0.3) is 44.9 Å². The summed E-state index contributed by atoms with van der Waals surface area (Å²) in [5, 5.41) is 0. The smallest absolute Gasteiger partial charge is 0.206 e. The zero-order valence-corrected chi connectivity index (χ0v) is 16.5. The van der Waals surface area contributed by atoms with Gasteiger partial charge in [0.15, 0.2) is 0 Å². The molecule has 0 bridgehead atoms. The Morgan fingerprint density at radius 1 is 0.400 bits per heavy atom. The minimum Gasteiger partial charge on any atom is -0.206 e. The van der Waals surface area contributed by atoms with Crippen molar-refractivity contribution < 1.29 is 4.42 Å². The first kappa shape index (κ1) is 18.1. The summed E-state index contributed by atoms with van der Waals surface area (Å²) in [6.07, 6.45) is 0. The lowest BCUT2D eigenvalue weighted by atomic mass is 9.91. The Hall–Kier alpha value is -3.97. The second-order valence-electron chi connectivity index (χ2n) is 7.19. The van der Waals surface area contributed by atoms with E-state index in [2.05, 4.69) is 97.1 Å². The van der Waals surface area contributed by atoms with Gasteiger partial charge in [0, 0.05) is 5.56 Å². The number of benzene rings is 4. The van der Waals surface area contributed by atoms with Crippen molar-refractivity contribution in [2.75, 3.05) is 0 Å². The molecule has 0 aliphatic carbocycles. The molecule has 5 rings (SSSR count). The van der Waals surface area contributed by atoms with Crippen LogP contribution in [0, 0.1) is 0 Å². The summed E-state index contributed by atoms with van der Waals surface area (Å²) < 4.78 is 6.60. The van der Waals surface area contributed by atoms with Crippen molar-refractivity contribution in [3.63, 3.8) is 0 Å². The molecule has 0 saturated carbocycles. The van der Waals surface area contributed by atoms with Crippen LogP contribution in [-0.2, 0) is 0 Å². The van der Waals surface area contributed by atoms with Crippen LogP contribution < -0.4 is 0 Å². The molecule has 0 saturated heterocycles. The fraction of sp³-hybridized carbons (Fsp3) is 0. The first-order chi connectivity index (χ1) is 14.9. The van der Waals surface area contributed by atoms with Gasteiger partial charge in [-0.25, -0.2) is 4.42 Å². The fourth-order valence-corrected chi connectivity index (χ4v) is 3.79. The van der Waals surface area contributed by atoms with Gasteiger partial charge in [-0.15, -0.1) is 0 Å². The molecule has 0 atom stereocenters. The van der Waals surface area contributed by atoms with E-state index in [-0.39, 0.29) is 0 Å². The second kappa shape index (κ2) is 8.18. The van der Waals surface area contributed by atoms with Gasteiger partial charge in [0.05, 0.1) is 22.8 Å². The molecule has 0 radical (unpaired) electrons. The van der Waals surface area contributed by atoms with Gasteiger partial charge in [0.25, 0.3) is 0 Å². The molecule has 30 heavy (non-hydrogen) atoms. The van der Waals surface area contributed by atoms with E-state index in [0.717, 1.165) is 39.3 Å². The van der Waals surface area contributed by atoms with Crippen molar-refractivity contribution >= 4 is 0 Å². The molecule has 4 aromatic carbocycles. The Bertz CT molecular complexity index is 1180. The summed E-state index contributed by atoms with van der Waals surface area (Å²) in [4.78, 5) is 0. The van der Waals surface area contributed by atoms with E-state index in [0.29, 0.717) is 0 Å². The monoisotopic (exact) mass is 385 g/mol. The van der Waals surface area contributed by atoms with E-state index in [9.17, 15) is 0 Å². The van der Waals surface area contributed by atoms with Crippen molar-refractivity contribution in [1.29, 1.82) is 0 Å². The highest BCUT2D eigenvalue weighted by Gasteiger charge is 2.28. The lowest BCUT2D eigenvalue weighted by molar-refractivity contribution is 0.584. The molecule has 1 nitrogen and oxygen atoms in total. The maximum absolute atomic E-state index is 6.60. The summed E-state index contributed by atoms with van der Waals surface area (Å²) in [7, 11) is 0. The Labute approximate surface area is 176 Å². The third-order valence-corrected chi connectivity index (χ3v) is 5.23. The average Bonchev–Trinajstić information content (AvgIpc) is 2.85. The van der Waals surface area contributed by atoms with Gasteiger partial charge in [-0.3, -0.25) is 0 Å². The molecular weight excluding hydrogens is 364 g/mol. The highest BCUT2D eigenvalue weighted by molar-refractivity contribution is 5.93. The molecule has 1 heteroatoms. The molecular formula is C29H21O+. The fourth-order valence-electron chi connectivity index (χ4n) is 3.79. The molecule has 0 N–H and O–H groups in total. The van der Waals surface area contributed by atoms with Crippen molar-refractivity contribution in [2.45, 2.75) is 0 Å². The van der Waals surface area contributed by atoms with Crippen LogP contribution in [0.15, 0.2) is 132 Å². The SMILES string of the molecule is c1ccc(-c2cc(-c3ccccc3)c(-c3ccccc3)c(-c3ccccc3)[o+]2)cc1. The summed E-state index contributed by atoms with van der Waals surface area (Å²) in [5.74, 6) is 1.73. The predicted molar refractivity (Wildman–Crippen MR) is 125 cm³/mol. The van der Waals surface area contributed by atoms with Gasteiger partial charge in [-0.2, -0.15) is 0 Å². The minimum atomic E-state index is 0.855. The van der Waals surface area contributed by atoms with E-state index in [4.69, 9.17) is 4.42 Å². The predicted octanol–water partition coefficient (Wildman–Crippen LogP) is 8.23. The van der Waals surface area contributed by atoms with Crippen LogP contribution in [0.5, 0.6) is 0 Å². The highest BCUT2D eigenvalue weighted by Crippen LogP contribution is 2.43. The molecule has 1 heterocycles. The topological polar surface area (TPSA) is 11.3 Å². The second-order valence-corrected chi connectivity index (χ2v) is 7.19. The summed E-state index contributed by atoms with van der Waals surface area (Å²) >= 11 is 0. The summed E-state index contributed by atoms with van der Waals surface area (Å²) in [5.41, 5.74) is 6.69. The zero-order valence-electron chi connectivity index (χ0n) is 16.5. The Balaban J connectivity index is 1.88. The van der Waals surface area contributed by atoms with E-state index in [1.165, 1.54) is 5.56 Å². The quantitative estimate of drug-likeness (QED) is 0.284. The van der Waals surface area contributed by atoms with Crippen molar-refractivity contribution in [1.82, 2.24) is 0 Å². The normalized spacial score (nSPS) is 10.7. The molecule has 1 aromatic heterocycles. The lowest BCUT2D eigenvalue weighted by Crippen LogP contribution is -1.93. The summed E-state index contributed by atoms with van der Waals surface area (Å²) in [6, 6.07) is 43.8. The number of hydrogen-bond acceptors (Lipinski definition) is 0. The molecule has 0 spiro atoms. The van der Waals surface area contributed by atoms with Gasteiger partial charge < -0.3 is 0 Å². The lowest BCUT2D eigenvalue weighted by Gasteiger charge is -2.10. The first-order valence-electron chi connectivity index (χ1n) is 10.1. The van der Waals surface area contributed by atoms with Crippen molar-refractivity contribution in [2.24, 2.45) is 0 Å². The van der Waals surface area contributed by atoms with Gasteiger partial charge >= 0.3 is 11.5 Å². The zero-order chi connectivity index (χ0) is 20.2. The van der Waals surface area contributed by atoms with E-state index in [1.54, 1.807) is 0 Å². The van der Waals surface area contributed by atoms with Crippen molar-refractivity contribution in [3.8, 4) is 44.9 Å². The Kier molecular flexibility index (Phi) is 4.93. The van der Waals surface area contributed by atoms with Crippen LogP contribution in [-0.4, -0.2) is 0 Å². The minimum absolute atomic E-state index is 0.855. The first-order valence-corrected chi connectivity index (χ1v) is 10.1. The number of hydrogen-bond donors (Lipinski definition) is 0. The molecule has 5 aromatic rings. The molecule has 0 aliphatic heterocycles. The third kappa shape index (κ3) is 3.54. The van der Waals surface area contributed by atoms with Crippen LogP contribution in [0.2, 0.25) is 0 Å². The Morgan fingerprint density at radius 2 is 0.833 bits per heavy atom. The van der Waals surface area contributed by atoms with E-state index < -0.39 is 0 Å². The van der Waals surface area contributed by atoms with Crippen LogP contribution in [0.4, 0.5) is 0 Å².